The third-order valence-electron chi connectivity index (χ3n) is 2.60. The van der Waals surface area contributed by atoms with Crippen LogP contribution in [0.2, 0.25) is 5.02 Å². The van der Waals surface area contributed by atoms with Crippen molar-refractivity contribution in [1.82, 2.24) is 19.3 Å². The number of hydrogen-bond donors (Lipinski definition) is 1. The highest BCUT2D eigenvalue weighted by Crippen LogP contribution is 2.25. The molecular weight excluding hydrogens is 256 g/mol. The largest absolute Gasteiger partial charge is 0.330 e. The van der Waals surface area contributed by atoms with E-state index < -0.39 is 0 Å². The van der Waals surface area contributed by atoms with Crippen LogP contribution < -0.4 is 0 Å². The topological polar surface area (TPSA) is 38.5 Å². The minimum Gasteiger partial charge on any atom is -0.330 e. The van der Waals surface area contributed by atoms with Crippen molar-refractivity contribution in [2.75, 3.05) is 0 Å². The van der Waals surface area contributed by atoms with Crippen molar-refractivity contribution in [3.63, 3.8) is 0 Å². The Hall–Kier alpha value is -1.59. The number of aryl methyl sites for hydroxylation is 1. The van der Waals surface area contributed by atoms with Crippen LogP contribution in [0.15, 0.2) is 30.6 Å². The fourth-order valence-electron chi connectivity index (χ4n) is 1.89. The molecule has 17 heavy (non-hydrogen) atoms. The van der Waals surface area contributed by atoms with Gasteiger partial charge in [-0.3, -0.25) is 9.25 Å². The van der Waals surface area contributed by atoms with Gasteiger partial charge in [0.2, 0.25) is 0 Å². The van der Waals surface area contributed by atoms with Crippen LogP contribution >= 0.6 is 23.8 Å². The molecule has 0 unspecified atom stereocenters. The van der Waals surface area contributed by atoms with Crippen LogP contribution in [0.3, 0.4) is 0 Å². The van der Waals surface area contributed by atoms with E-state index in [0.717, 1.165) is 16.7 Å². The van der Waals surface area contributed by atoms with E-state index in [1.54, 1.807) is 10.9 Å². The number of benzene rings is 1. The van der Waals surface area contributed by atoms with Gasteiger partial charge in [-0.15, -0.1) is 0 Å². The van der Waals surface area contributed by atoms with E-state index in [0.29, 0.717) is 9.79 Å². The van der Waals surface area contributed by atoms with Gasteiger partial charge in [-0.25, -0.2) is 0 Å². The quantitative estimate of drug-likeness (QED) is 0.686. The van der Waals surface area contributed by atoms with E-state index in [1.165, 1.54) is 0 Å². The number of fused-ring (bicyclic) bond motifs is 1. The van der Waals surface area contributed by atoms with Crippen molar-refractivity contribution in [2.24, 2.45) is 7.05 Å². The van der Waals surface area contributed by atoms with Gasteiger partial charge in [0.1, 0.15) is 0 Å². The Morgan fingerprint density at radius 3 is 2.94 bits per heavy atom. The summed E-state index contributed by atoms with van der Waals surface area (Å²) in [6.45, 7) is 0. The lowest BCUT2D eigenvalue weighted by Crippen LogP contribution is -1.92. The molecule has 3 rings (SSSR count). The summed E-state index contributed by atoms with van der Waals surface area (Å²) in [5.41, 5.74) is 2.70. The summed E-state index contributed by atoms with van der Waals surface area (Å²) in [7, 11) is 1.86. The molecule has 0 spiro atoms. The Kier molecular flexibility index (Phi) is 2.31. The Bertz CT molecular complexity index is 752. The molecule has 0 amide bonds. The molecule has 0 saturated heterocycles. The molecule has 2 heterocycles. The number of nitrogens with one attached hydrogen (secondary N) is 1. The molecule has 0 atom stereocenters. The van der Waals surface area contributed by atoms with E-state index in [4.69, 9.17) is 23.8 Å². The molecule has 0 fully saturated rings. The predicted octanol–water partition coefficient (Wildman–Crippen LogP) is 3.07. The lowest BCUT2D eigenvalue weighted by molar-refractivity contribution is 0.767. The minimum atomic E-state index is 0.612. The summed E-state index contributed by atoms with van der Waals surface area (Å²) in [4.78, 5) is 3.13. The molecule has 6 heteroatoms. The van der Waals surface area contributed by atoms with E-state index in [2.05, 4.69) is 10.1 Å². The van der Waals surface area contributed by atoms with Crippen LogP contribution in [0.1, 0.15) is 0 Å². The first kappa shape index (κ1) is 10.6. The third kappa shape index (κ3) is 1.59. The van der Waals surface area contributed by atoms with Gasteiger partial charge in [-0.1, -0.05) is 17.7 Å². The van der Waals surface area contributed by atoms with E-state index in [1.807, 2.05) is 36.0 Å². The normalized spacial score (nSPS) is 11.2. The molecule has 0 aliphatic carbocycles. The lowest BCUT2D eigenvalue weighted by Gasteiger charge is -2.01. The van der Waals surface area contributed by atoms with Crippen LogP contribution in [0.5, 0.6) is 0 Å². The fraction of sp³-hybridized carbons (Fsp3) is 0.0909. The summed E-state index contributed by atoms with van der Waals surface area (Å²) in [5, 5.41) is 4.81. The highest BCUT2D eigenvalue weighted by molar-refractivity contribution is 7.71. The number of rotatable bonds is 1. The van der Waals surface area contributed by atoms with Gasteiger partial charge < -0.3 is 4.98 Å². The van der Waals surface area contributed by atoms with Crippen molar-refractivity contribution in [3.05, 3.63) is 40.4 Å². The number of aromatic amines is 1. The van der Waals surface area contributed by atoms with Crippen molar-refractivity contribution in [1.29, 1.82) is 0 Å². The second kappa shape index (κ2) is 3.72. The first-order valence-corrected chi connectivity index (χ1v) is 5.84. The predicted molar refractivity (Wildman–Crippen MR) is 70.2 cm³/mol. The SMILES string of the molecule is Cn1cc(-n2c(=S)[nH]c3cccc(Cl)c32)cn1. The number of H-pyrrole nitrogens is 1. The third-order valence-corrected chi connectivity index (χ3v) is 3.19. The summed E-state index contributed by atoms with van der Waals surface area (Å²) < 4.78 is 4.23. The number of nitrogens with zero attached hydrogens (tertiary/aromatic N) is 3. The number of halogens is 1. The average Bonchev–Trinajstić information content (AvgIpc) is 2.82. The van der Waals surface area contributed by atoms with Crippen molar-refractivity contribution in [2.45, 2.75) is 0 Å². The molecule has 0 aliphatic rings. The van der Waals surface area contributed by atoms with Gasteiger partial charge in [0.05, 0.1) is 27.9 Å². The summed E-state index contributed by atoms with van der Waals surface area (Å²) >= 11 is 11.5. The van der Waals surface area contributed by atoms with Gasteiger partial charge in [0, 0.05) is 13.2 Å². The highest BCUT2D eigenvalue weighted by atomic mass is 35.5. The first-order chi connectivity index (χ1) is 8.16. The standard InChI is InChI=1S/C11H9ClN4S/c1-15-6-7(5-13-15)16-10-8(12)3-2-4-9(10)14-11(16)17/h2-6H,1H3,(H,14,17). The Labute approximate surface area is 107 Å². The Morgan fingerprint density at radius 1 is 1.41 bits per heavy atom. The van der Waals surface area contributed by atoms with Crippen LogP contribution in [0.4, 0.5) is 0 Å². The number of aromatic nitrogens is 4. The molecule has 2 aromatic heterocycles. The Morgan fingerprint density at radius 2 is 2.24 bits per heavy atom. The van der Waals surface area contributed by atoms with Crippen LogP contribution in [0, 0.1) is 4.77 Å². The second-order valence-corrected chi connectivity index (χ2v) is 4.57. The average molecular weight is 265 g/mol. The molecule has 3 aromatic rings. The lowest BCUT2D eigenvalue weighted by atomic mass is 10.3. The molecule has 1 aromatic carbocycles. The van der Waals surface area contributed by atoms with E-state index in [9.17, 15) is 0 Å². The van der Waals surface area contributed by atoms with Crippen LogP contribution in [0.25, 0.3) is 16.7 Å². The number of imidazole rings is 1. The molecule has 4 nitrogen and oxygen atoms in total. The van der Waals surface area contributed by atoms with Crippen molar-refractivity contribution >= 4 is 34.9 Å². The highest BCUT2D eigenvalue weighted by Gasteiger charge is 2.10. The maximum Gasteiger partial charge on any atom is 0.182 e. The monoisotopic (exact) mass is 264 g/mol. The smallest absolute Gasteiger partial charge is 0.182 e. The van der Waals surface area contributed by atoms with Gasteiger partial charge in [-0.05, 0) is 24.4 Å². The van der Waals surface area contributed by atoms with Crippen molar-refractivity contribution in [3.8, 4) is 5.69 Å². The molecule has 0 radical (unpaired) electrons. The Balaban J connectivity index is 2.43. The zero-order valence-corrected chi connectivity index (χ0v) is 10.6. The summed E-state index contributed by atoms with van der Waals surface area (Å²) in [6, 6.07) is 5.69. The van der Waals surface area contributed by atoms with Crippen LogP contribution in [-0.2, 0) is 7.05 Å². The van der Waals surface area contributed by atoms with E-state index >= 15 is 0 Å². The molecule has 86 valence electrons. The van der Waals surface area contributed by atoms with Gasteiger partial charge in [0.25, 0.3) is 0 Å². The second-order valence-electron chi connectivity index (χ2n) is 3.77. The number of hydrogen-bond acceptors (Lipinski definition) is 2. The molecule has 0 bridgehead atoms. The maximum atomic E-state index is 6.22. The van der Waals surface area contributed by atoms with Gasteiger partial charge >= 0.3 is 0 Å². The van der Waals surface area contributed by atoms with E-state index in [-0.39, 0.29) is 0 Å². The summed E-state index contributed by atoms with van der Waals surface area (Å²) in [5.74, 6) is 0. The number of para-hydroxylation sites is 1. The summed E-state index contributed by atoms with van der Waals surface area (Å²) in [6.07, 6.45) is 3.65. The van der Waals surface area contributed by atoms with Crippen molar-refractivity contribution < 1.29 is 0 Å². The first-order valence-electron chi connectivity index (χ1n) is 5.05. The maximum absolute atomic E-state index is 6.22. The molecule has 1 N–H and O–H groups in total. The zero-order chi connectivity index (χ0) is 12.0. The molecular formula is C11H9ClN4S. The van der Waals surface area contributed by atoms with Gasteiger partial charge in [0.15, 0.2) is 4.77 Å². The zero-order valence-electron chi connectivity index (χ0n) is 9.01. The molecule has 0 aliphatic heterocycles. The minimum absolute atomic E-state index is 0.612. The van der Waals surface area contributed by atoms with Crippen LogP contribution in [-0.4, -0.2) is 19.3 Å². The van der Waals surface area contributed by atoms with Gasteiger partial charge in [-0.2, -0.15) is 5.10 Å². The fourth-order valence-corrected chi connectivity index (χ4v) is 2.45. The molecule has 0 saturated carbocycles.